The number of aromatic nitrogens is 2. The fraction of sp³-hybridized carbons (Fsp3) is 0.250. The molecule has 1 heterocycles. The van der Waals surface area contributed by atoms with Crippen molar-refractivity contribution in [3.05, 3.63) is 65.8 Å². The molecule has 0 atom stereocenters. The summed E-state index contributed by atoms with van der Waals surface area (Å²) in [5.74, 6) is 0.756. The minimum Gasteiger partial charge on any atom is -0.339 e. The minimum atomic E-state index is -0.324. The topological polar surface area (TPSA) is 68.0 Å². The number of nitrogens with one attached hydrogen (secondary N) is 1. The first-order valence-corrected chi connectivity index (χ1v) is 8.49. The number of benzene rings is 2. The first-order chi connectivity index (χ1) is 12.5. The van der Waals surface area contributed by atoms with E-state index in [0.29, 0.717) is 29.6 Å². The Morgan fingerprint density at radius 2 is 1.81 bits per heavy atom. The highest BCUT2D eigenvalue weighted by Gasteiger charge is 2.11. The van der Waals surface area contributed by atoms with Crippen LogP contribution in [0.3, 0.4) is 0 Å². The zero-order valence-electron chi connectivity index (χ0n) is 14.7. The molecule has 3 rings (SSSR count). The van der Waals surface area contributed by atoms with Crippen molar-refractivity contribution in [3.8, 4) is 11.4 Å². The number of aryl methyl sites for hydroxylation is 1. The maximum atomic E-state index is 12.9. The second kappa shape index (κ2) is 7.91. The molecule has 2 aromatic carbocycles. The number of halogens is 1. The first-order valence-electron chi connectivity index (χ1n) is 8.49. The Hall–Kier alpha value is -3.02. The lowest BCUT2D eigenvalue weighted by molar-refractivity contribution is -0.116. The van der Waals surface area contributed by atoms with Gasteiger partial charge in [-0.3, -0.25) is 4.79 Å². The Balaban J connectivity index is 1.54. The standard InChI is InChI=1S/C20H20FN3O2/c1-13(2)14-5-9-17(10-6-14)22-18(25)11-12-19-23-20(24-26-19)15-3-7-16(21)8-4-15/h3-10,13H,11-12H2,1-2H3,(H,22,25). The van der Waals surface area contributed by atoms with Crippen LogP contribution in [0.25, 0.3) is 11.4 Å². The van der Waals surface area contributed by atoms with Gasteiger partial charge in [-0.2, -0.15) is 4.98 Å². The SMILES string of the molecule is CC(C)c1ccc(NC(=O)CCc2nc(-c3ccc(F)cc3)no2)cc1. The quantitative estimate of drug-likeness (QED) is 0.705. The van der Waals surface area contributed by atoms with Gasteiger partial charge >= 0.3 is 0 Å². The maximum Gasteiger partial charge on any atom is 0.227 e. The second-order valence-corrected chi connectivity index (χ2v) is 6.34. The van der Waals surface area contributed by atoms with Crippen molar-refractivity contribution in [2.24, 2.45) is 0 Å². The molecule has 0 saturated carbocycles. The molecule has 0 aliphatic carbocycles. The molecule has 1 amide bonds. The lowest BCUT2D eigenvalue weighted by Crippen LogP contribution is -2.12. The molecule has 134 valence electrons. The van der Waals surface area contributed by atoms with Gasteiger partial charge in [-0.25, -0.2) is 4.39 Å². The highest BCUT2D eigenvalue weighted by atomic mass is 19.1. The molecule has 1 aromatic heterocycles. The number of carbonyl (C=O) groups excluding carboxylic acids is 1. The Labute approximate surface area is 151 Å². The Kier molecular flexibility index (Phi) is 5.41. The van der Waals surface area contributed by atoms with Gasteiger partial charge in [-0.05, 0) is 47.9 Å². The van der Waals surface area contributed by atoms with E-state index >= 15 is 0 Å². The van der Waals surface area contributed by atoms with Crippen LogP contribution < -0.4 is 5.32 Å². The van der Waals surface area contributed by atoms with Crippen LogP contribution in [-0.2, 0) is 11.2 Å². The van der Waals surface area contributed by atoms with Crippen LogP contribution in [0.5, 0.6) is 0 Å². The summed E-state index contributed by atoms with van der Waals surface area (Å²) in [5, 5.41) is 6.72. The zero-order valence-corrected chi connectivity index (χ0v) is 14.7. The fourth-order valence-corrected chi connectivity index (χ4v) is 2.47. The van der Waals surface area contributed by atoms with Crippen molar-refractivity contribution in [1.29, 1.82) is 0 Å². The molecule has 6 heteroatoms. The molecule has 0 bridgehead atoms. The summed E-state index contributed by atoms with van der Waals surface area (Å²) >= 11 is 0. The summed E-state index contributed by atoms with van der Waals surface area (Å²) < 4.78 is 18.1. The highest BCUT2D eigenvalue weighted by Crippen LogP contribution is 2.18. The van der Waals surface area contributed by atoms with Crippen LogP contribution in [-0.4, -0.2) is 16.0 Å². The van der Waals surface area contributed by atoms with Crippen molar-refractivity contribution < 1.29 is 13.7 Å². The lowest BCUT2D eigenvalue weighted by Gasteiger charge is -2.08. The van der Waals surface area contributed by atoms with Gasteiger partial charge in [0.15, 0.2) is 0 Å². The molecule has 26 heavy (non-hydrogen) atoms. The Morgan fingerprint density at radius 1 is 1.12 bits per heavy atom. The first kappa shape index (κ1) is 17.8. The monoisotopic (exact) mass is 353 g/mol. The van der Waals surface area contributed by atoms with Gasteiger partial charge in [0.2, 0.25) is 17.6 Å². The van der Waals surface area contributed by atoms with Crippen LogP contribution in [0.15, 0.2) is 53.1 Å². The smallest absolute Gasteiger partial charge is 0.227 e. The van der Waals surface area contributed by atoms with Crippen molar-refractivity contribution in [2.45, 2.75) is 32.6 Å². The van der Waals surface area contributed by atoms with E-state index in [1.807, 2.05) is 24.3 Å². The van der Waals surface area contributed by atoms with Crippen LogP contribution in [0.4, 0.5) is 10.1 Å². The Morgan fingerprint density at radius 3 is 2.46 bits per heavy atom. The molecule has 0 spiro atoms. The molecule has 5 nitrogen and oxygen atoms in total. The third-order valence-corrected chi connectivity index (χ3v) is 4.00. The number of amides is 1. The van der Waals surface area contributed by atoms with Gasteiger partial charge in [0, 0.05) is 24.1 Å². The fourth-order valence-electron chi connectivity index (χ4n) is 2.47. The third kappa shape index (κ3) is 4.53. The predicted octanol–water partition coefficient (Wildman–Crippen LogP) is 4.57. The molecule has 0 aliphatic rings. The number of nitrogens with zero attached hydrogens (tertiary/aromatic N) is 2. The van der Waals surface area contributed by atoms with Crippen LogP contribution in [0.2, 0.25) is 0 Å². The molecular formula is C20H20FN3O2. The van der Waals surface area contributed by atoms with Gasteiger partial charge in [0.05, 0.1) is 0 Å². The van der Waals surface area contributed by atoms with Crippen molar-refractivity contribution in [2.75, 3.05) is 5.32 Å². The number of hydrogen-bond donors (Lipinski definition) is 1. The average molecular weight is 353 g/mol. The molecule has 0 unspecified atom stereocenters. The zero-order chi connectivity index (χ0) is 18.5. The average Bonchev–Trinajstić information content (AvgIpc) is 3.10. The van der Waals surface area contributed by atoms with Gasteiger partial charge in [0.25, 0.3) is 0 Å². The molecule has 0 radical (unpaired) electrons. The normalized spacial score (nSPS) is 10.9. The van der Waals surface area contributed by atoms with Crippen molar-refractivity contribution in [3.63, 3.8) is 0 Å². The van der Waals surface area contributed by atoms with E-state index in [1.54, 1.807) is 12.1 Å². The van der Waals surface area contributed by atoms with E-state index < -0.39 is 0 Å². The van der Waals surface area contributed by atoms with E-state index in [9.17, 15) is 9.18 Å². The van der Waals surface area contributed by atoms with Gasteiger partial charge in [0.1, 0.15) is 5.82 Å². The van der Waals surface area contributed by atoms with Crippen LogP contribution >= 0.6 is 0 Å². The van der Waals surface area contributed by atoms with Gasteiger partial charge < -0.3 is 9.84 Å². The minimum absolute atomic E-state index is 0.121. The number of carbonyl (C=O) groups is 1. The van der Waals surface area contributed by atoms with E-state index in [2.05, 4.69) is 29.3 Å². The van der Waals surface area contributed by atoms with E-state index in [4.69, 9.17) is 4.52 Å². The van der Waals surface area contributed by atoms with Gasteiger partial charge in [-0.15, -0.1) is 0 Å². The summed E-state index contributed by atoms with van der Waals surface area (Å²) in [6.45, 7) is 4.25. The Bertz CT molecular complexity index is 871. The summed E-state index contributed by atoms with van der Waals surface area (Å²) in [4.78, 5) is 16.3. The van der Waals surface area contributed by atoms with Crippen LogP contribution in [0, 0.1) is 5.82 Å². The van der Waals surface area contributed by atoms with Crippen molar-refractivity contribution in [1.82, 2.24) is 10.1 Å². The lowest BCUT2D eigenvalue weighted by atomic mass is 10.0. The van der Waals surface area contributed by atoms with E-state index in [0.717, 1.165) is 5.69 Å². The molecular weight excluding hydrogens is 333 g/mol. The van der Waals surface area contributed by atoms with Crippen molar-refractivity contribution >= 4 is 11.6 Å². The van der Waals surface area contributed by atoms with E-state index in [1.165, 1.54) is 17.7 Å². The largest absolute Gasteiger partial charge is 0.339 e. The highest BCUT2D eigenvalue weighted by molar-refractivity contribution is 5.90. The number of rotatable bonds is 6. The van der Waals surface area contributed by atoms with E-state index in [-0.39, 0.29) is 18.1 Å². The number of hydrogen-bond acceptors (Lipinski definition) is 4. The summed E-state index contributed by atoms with van der Waals surface area (Å²) in [7, 11) is 0. The van der Waals surface area contributed by atoms with Crippen LogP contribution in [0.1, 0.15) is 37.6 Å². The molecule has 0 fully saturated rings. The summed E-state index contributed by atoms with van der Waals surface area (Å²) in [5.41, 5.74) is 2.65. The summed E-state index contributed by atoms with van der Waals surface area (Å²) in [6, 6.07) is 13.6. The maximum absolute atomic E-state index is 12.9. The predicted molar refractivity (Wildman–Crippen MR) is 97.2 cm³/mol. The van der Waals surface area contributed by atoms with Gasteiger partial charge in [-0.1, -0.05) is 31.1 Å². The third-order valence-electron chi connectivity index (χ3n) is 4.00. The molecule has 1 N–H and O–H groups in total. The molecule has 0 aliphatic heterocycles. The summed E-state index contributed by atoms with van der Waals surface area (Å²) in [6.07, 6.45) is 0.571. The number of anilines is 1. The second-order valence-electron chi connectivity index (χ2n) is 6.34. The molecule has 3 aromatic rings. The molecule has 0 saturated heterocycles.